The van der Waals surface area contributed by atoms with E-state index < -0.39 is 10.9 Å². The summed E-state index contributed by atoms with van der Waals surface area (Å²) in [5.41, 5.74) is 1.06. The van der Waals surface area contributed by atoms with Gasteiger partial charge in [-0.2, -0.15) is 0 Å². The van der Waals surface area contributed by atoms with Gasteiger partial charge in [0.2, 0.25) is 5.16 Å². The summed E-state index contributed by atoms with van der Waals surface area (Å²) in [4.78, 5) is 26.4. The highest BCUT2D eigenvalue weighted by Gasteiger charge is 2.16. The van der Waals surface area contributed by atoms with Crippen LogP contribution < -0.4 is 0 Å². The third-order valence-electron chi connectivity index (χ3n) is 3.85. The summed E-state index contributed by atoms with van der Waals surface area (Å²) in [5, 5.41) is 27.5. The van der Waals surface area contributed by atoms with E-state index in [0.717, 1.165) is 11.8 Å². The predicted molar refractivity (Wildman–Crippen MR) is 103 cm³/mol. The summed E-state index contributed by atoms with van der Waals surface area (Å²) >= 11 is 0.900. The second-order valence-electron chi connectivity index (χ2n) is 5.79. The molecule has 0 aliphatic carbocycles. The molecular formula is C18H16N4O5S. The third-order valence-corrected chi connectivity index (χ3v) is 4.73. The van der Waals surface area contributed by atoms with Crippen LogP contribution in [0.3, 0.4) is 0 Å². The maximum absolute atomic E-state index is 11.5. The van der Waals surface area contributed by atoms with Crippen LogP contribution in [0, 0.1) is 17.0 Å². The number of hydrogen-bond acceptors (Lipinski definition) is 7. The number of carbonyl (C=O) groups is 1. The van der Waals surface area contributed by atoms with Crippen molar-refractivity contribution in [2.45, 2.75) is 25.4 Å². The lowest BCUT2D eigenvalue weighted by Gasteiger charge is -2.01. The number of furan rings is 1. The number of nitrogens with zero attached hydrogens (tertiary/aromatic N) is 3. The van der Waals surface area contributed by atoms with Crippen molar-refractivity contribution in [3.8, 4) is 11.3 Å². The summed E-state index contributed by atoms with van der Waals surface area (Å²) in [6.45, 7) is 3.56. The highest BCUT2D eigenvalue weighted by atomic mass is 32.2. The summed E-state index contributed by atoms with van der Waals surface area (Å²) in [6, 6.07) is 8.00. The number of aromatic nitrogens is 3. The smallest absolute Gasteiger partial charge is 0.342 e. The van der Waals surface area contributed by atoms with E-state index in [1.54, 1.807) is 31.2 Å². The number of carboxylic acids is 1. The van der Waals surface area contributed by atoms with Gasteiger partial charge < -0.3 is 9.52 Å². The van der Waals surface area contributed by atoms with Gasteiger partial charge in [0.05, 0.1) is 4.92 Å². The van der Waals surface area contributed by atoms with Gasteiger partial charge in [0.15, 0.2) is 0 Å². The van der Waals surface area contributed by atoms with E-state index >= 15 is 0 Å². The van der Waals surface area contributed by atoms with Gasteiger partial charge in [-0.05, 0) is 30.8 Å². The number of hydrogen-bond donors (Lipinski definition) is 2. The zero-order valence-electron chi connectivity index (χ0n) is 15.0. The molecule has 0 saturated carbocycles. The van der Waals surface area contributed by atoms with Crippen molar-refractivity contribution in [2.75, 3.05) is 0 Å². The van der Waals surface area contributed by atoms with E-state index in [-0.39, 0.29) is 10.6 Å². The number of nitro groups is 1. The van der Waals surface area contributed by atoms with Crippen molar-refractivity contribution in [1.29, 1.82) is 0 Å². The molecule has 0 saturated heterocycles. The molecule has 1 aromatic carbocycles. The molecule has 9 nitrogen and oxygen atoms in total. The Balaban J connectivity index is 1.88. The van der Waals surface area contributed by atoms with E-state index in [0.29, 0.717) is 40.0 Å². The molecule has 2 N–H and O–H groups in total. The second-order valence-corrected chi connectivity index (χ2v) is 6.80. The average Bonchev–Trinajstić information content (AvgIpc) is 3.30. The third kappa shape index (κ3) is 4.29. The number of H-pyrrole nitrogens is 1. The number of rotatable bonds is 7. The van der Waals surface area contributed by atoms with Crippen LogP contribution in [0.4, 0.5) is 5.69 Å². The topological polar surface area (TPSA) is 135 Å². The average molecular weight is 400 g/mol. The number of aromatic amines is 1. The molecular weight excluding hydrogens is 384 g/mol. The maximum atomic E-state index is 11.5. The molecule has 28 heavy (non-hydrogen) atoms. The number of aryl methyl sites for hydroxylation is 2. The van der Waals surface area contributed by atoms with Crippen molar-refractivity contribution >= 4 is 29.5 Å². The molecule has 0 amide bonds. The van der Waals surface area contributed by atoms with Crippen molar-refractivity contribution in [3.05, 3.63) is 62.5 Å². The monoisotopic (exact) mass is 400 g/mol. The first-order chi connectivity index (χ1) is 13.4. The van der Waals surface area contributed by atoms with E-state index in [9.17, 15) is 20.0 Å². The molecule has 0 fully saturated rings. The van der Waals surface area contributed by atoms with Crippen molar-refractivity contribution in [1.82, 2.24) is 15.2 Å². The molecule has 3 rings (SSSR count). The first-order valence-electron chi connectivity index (χ1n) is 8.26. The van der Waals surface area contributed by atoms with E-state index in [1.165, 1.54) is 12.1 Å². The Morgan fingerprint density at radius 2 is 2.18 bits per heavy atom. The van der Waals surface area contributed by atoms with Crippen LogP contribution >= 0.6 is 11.8 Å². The number of benzene rings is 1. The molecule has 0 aliphatic heterocycles. The zero-order chi connectivity index (χ0) is 20.3. The Hall–Kier alpha value is -3.40. The molecule has 0 unspecified atom stereocenters. The van der Waals surface area contributed by atoms with Gasteiger partial charge >= 0.3 is 5.97 Å². The minimum absolute atomic E-state index is 0.0101. The Kier molecular flexibility index (Phi) is 5.59. The van der Waals surface area contributed by atoms with Crippen LogP contribution in [0.15, 0.2) is 44.8 Å². The number of aliphatic carboxylic acids is 1. The molecule has 0 bridgehead atoms. The van der Waals surface area contributed by atoms with Crippen LogP contribution in [-0.4, -0.2) is 31.2 Å². The van der Waals surface area contributed by atoms with Gasteiger partial charge in [0, 0.05) is 29.7 Å². The molecule has 2 aromatic heterocycles. The minimum atomic E-state index is -1.14. The summed E-state index contributed by atoms with van der Waals surface area (Å²) in [6.07, 6.45) is 2.02. The van der Waals surface area contributed by atoms with E-state index in [1.807, 2.05) is 6.92 Å². The highest BCUT2D eigenvalue weighted by molar-refractivity contribution is 8.04. The van der Waals surface area contributed by atoms with Gasteiger partial charge in [0.1, 0.15) is 22.3 Å². The first-order valence-corrected chi connectivity index (χ1v) is 9.08. The Morgan fingerprint density at radius 1 is 1.39 bits per heavy atom. The van der Waals surface area contributed by atoms with E-state index in [2.05, 4.69) is 15.2 Å². The first kappa shape index (κ1) is 19.4. The number of thioether (sulfide) groups is 1. The standard InChI is InChI=1S/C18H16N4O5S/c1-3-16-19-18(21-20-16)28-15(17(23)24)9-12-6-7-14(27-12)11-5-4-10(2)13(8-11)22(25)26/h4-9H,3H2,1-2H3,(H,23,24)(H,19,20,21)/b15-9-. The molecule has 144 valence electrons. The summed E-state index contributed by atoms with van der Waals surface area (Å²) in [7, 11) is 0. The molecule has 0 spiro atoms. The van der Waals surface area contributed by atoms with Gasteiger partial charge in [-0.25, -0.2) is 9.78 Å². The molecule has 0 radical (unpaired) electrons. The van der Waals surface area contributed by atoms with Gasteiger partial charge in [-0.1, -0.05) is 19.1 Å². The SMILES string of the molecule is CCc1nc(S/C(=C\c2ccc(-c3ccc(C)c([N+](=O)[O-])c3)o2)C(=O)O)n[nH]1. The molecule has 2 heterocycles. The van der Waals surface area contributed by atoms with Crippen LogP contribution in [0.5, 0.6) is 0 Å². The van der Waals surface area contributed by atoms with E-state index in [4.69, 9.17) is 4.42 Å². The van der Waals surface area contributed by atoms with Crippen molar-refractivity contribution in [3.63, 3.8) is 0 Å². The number of nitrogens with one attached hydrogen (secondary N) is 1. The predicted octanol–water partition coefficient (Wildman–Crippen LogP) is 4.06. The van der Waals surface area contributed by atoms with Crippen molar-refractivity contribution in [2.24, 2.45) is 0 Å². The minimum Gasteiger partial charge on any atom is -0.477 e. The largest absolute Gasteiger partial charge is 0.477 e. The van der Waals surface area contributed by atoms with Gasteiger partial charge in [-0.3, -0.25) is 15.2 Å². The fraction of sp³-hybridized carbons (Fsp3) is 0.167. The number of nitro benzene ring substituents is 1. The maximum Gasteiger partial charge on any atom is 0.342 e. The van der Waals surface area contributed by atoms with Gasteiger partial charge in [0.25, 0.3) is 5.69 Å². The summed E-state index contributed by atoms with van der Waals surface area (Å²) < 4.78 is 5.66. The van der Waals surface area contributed by atoms with Crippen LogP contribution in [0.1, 0.15) is 24.1 Å². The Bertz CT molecular complexity index is 1070. The normalized spacial score (nSPS) is 11.6. The molecule has 3 aromatic rings. The summed E-state index contributed by atoms with van der Waals surface area (Å²) in [5.74, 6) is 0.217. The molecule has 10 heteroatoms. The fourth-order valence-corrected chi connectivity index (χ4v) is 3.10. The lowest BCUT2D eigenvalue weighted by Crippen LogP contribution is -1.97. The Morgan fingerprint density at radius 3 is 2.82 bits per heavy atom. The van der Waals surface area contributed by atoms with Crippen LogP contribution in [-0.2, 0) is 11.2 Å². The molecule has 0 aliphatic rings. The quantitative estimate of drug-likeness (QED) is 0.262. The lowest BCUT2D eigenvalue weighted by atomic mass is 10.1. The van der Waals surface area contributed by atoms with Gasteiger partial charge in [-0.15, -0.1) is 5.10 Å². The fourth-order valence-electron chi connectivity index (χ4n) is 2.39. The number of carboxylic acid groups (broad SMARTS) is 1. The highest BCUT2D eigenvalue weighted by Crippen LogP contribution is 2.30. The molecule has 0 atom stereocenters. The lowest BCUT2D eigenvalue weighted by molar-refractivity contribution is -0.385. The van der Waals surface area contributed by atoms with Crippen molar-refractivity contribution < 1.29 is 19.2 Å². The van der Waals surface area contributed by atoms with Crippen LogP contribution in [0.25, 0.3) is 17.4 Å². The van der Waals surface area contributed by atoms with Crippen LogP contribution in [0.2, 0.25) is 0 Å². The zero-order valence-corrected chi connectivity index (χ0v) is 15.8. The second kappa shape index (κ2) is 8.09. The Labute approximate surface area is 163 Å².